The van der Waals surface area contributed by atoms with E-state index in [4.69, 9.17) is 44.6 Å². The van der Waals surface area contributed by atoms with E-state index in [1.165, 1.54) is 37.4 Å². The molecule has 2 aromatic rings. The van der Waals surface area contributed by atoms with Crippen molar-refractivity contribution in [3.63, 3.8) is 0 Å². The number of rotatable bonds is 4. The highest BCUT2D eigenvalue weighted by molar-refractivity contribution is 6.36. The third kappa shape index (κ3) is 3.88. The number of benzene rings is 2. The van der Waals surface area contributed by atoms with Crippen LogP contribution in [0.25, 0.3) is 0 Å². The summed E-state index contributed by atoms with van der Waals surface area (Å²) in [6.45, 7) is 0. The number of nitrogens with one attached hydrogen (secondary N) is 1. The van der Waals surface area contributed by atoms with Gasteiger partial charge in [0.1, 0.15) is 5.75 Å². The maximum absolute atomic E-state index is 12.4. The predicted octanol–water partition coefficient (Wildman–Crippen LogP) is 4.61. The summed E-state index contributed by atoms with van der Waals surface area (Å²) in [6.07, 6.45) is 0. The molecule has 0 atom stereocenters. The average molecular weight is 375 g/mol. The molecular formula is C15H10Cl3NO4. The molecule has 0 aromatic heterocycles. The minimum Gasteiger partial charge on any atom is -0.494 e. The van der Waals surface area contributed by atoms with Crippen LogP contribution < -0.4 is 10.1 Å². The summed E-state index contributed by atoms with van der Waals surface area (Å²) in [5, 5.41) is 12.1. The Kier molecular flexibility index (Phi) is 5.36. The van der Waals surface area contributed by atoms with E-state index in [1.54, 1.807) is 0 Å². The van der Waals surface area contributed by atoms with Crippen LogP contribution in [0, 0.1) is 0 Å². The van der Waals surface area contributed by atoms with Gasteiger partial charge in [-0.25, -0.2) is 4.79 Å². The summed E-state index contributed by atoms with van der Waals surface area (Å²) in [5.74, 6) is -1.58. The van der Waals surface area contributed by atoms with Crippen LogP contribution in [0.3, 0.4) is 0 Å². The van der Waals surface area contributed by atoms with E-state index in [1.807, 2.05) is 0 Å². The fourth-order valence-corrected chi connectivity index (χ4v) is 2.67. The van der Waals surface area contributed by atoms with E-state index in [2.05, 4.69) is 5.32 Å². The Morgan fingerprint density at radius 3 is 2.35 bits per heavy atom. The summed E-state index contributed by atoms with van der Waals surface area (Å²) in [6, 6.07) is 6.95. The summed E-state index contributed by atoms with van der Waals surface area (Å²) in [7, 11) is 1.37. The van der Waals surface area contributed by atoms with E-state index >= 15 is 0 Å². The Balaban J connectivity index is 2.37. The lowest BCUT2D eigenvalue weighted by Gasteiger charge is -2.12. The number of carbonyl (C=O) groups excluding carboxylic acids is 1. The highest BCUT2D eigenvalue weighted by Gasteiger charge is 2.18. The first kappa shape index (κ1) is 17.4. The highest BCUT2D eigenvalue weighted by Crippen LogP contribution is 2.32. The van der Waals surface area contributed by atoms with Gasteiger partial charge in [-0.1, -0.05) is 34.8 Å². The molecule has 1 amide bonds. The van der Waals surface area contributed by atoms with Gasteiger partial charge in [0.25, 0.3) is 5.91 Å². The predicted molar refractivity (Wildman–Crippen MR) is 89.4 cm³/mol. The Labute approximate surface area is 146 Å². The molecule has 0 aliphatic carbocycles. The number of carboxylic acid groups (broad SMARTS) is 1. The van der Waals surface area contributed by atoms with Crippen molar-refractivity contribution in [2.24, 2.45) is 0 Å². The molecule has 2 rings (SSSR count). The van der Waals surface area contributed by atoms with Gasteiger partial charge in [0.2, 0.25) is 0 Å². The Hall–Kier alpha value is -1.95. The molecule has 23 heavy (non-hydrogen) atoms. The third-order valence-corrected chi connectivity index (χ3v) is 3.74. The van der Waals surface area contributed by atoms with E-state index in [9.17, 15) is 9.59 Å². The van der Waals surface area contributed by atoms with Crippen molar-refractivity contribution in [3.05, 3.63) is 56.5 Å². The number of carboxylic acids is 1. The second kappa shape index (κ2) is 7.08. The zero-order valence-corrected chi connectivity index (χ0v) is 14.0. The van der Waals surface area contributed by atoms with Gasteiger partial charge in [0.15, 0.2) is 0 Å². The minimum absolute atomic E-state index is 0.0684. The second-order valence-electron chi connectivity index (χ2n) is 4.42. The summed E-state index contributed by atoms with van der Waals surface area (Å²) in [4.78, 5) is 23.4. The SMILES string of the molecule is COc1c(Cl)cc(Cl)cc1C(=O)Nc1ccc(Cl)c(C(=O)O)c1. The Morgan fingerprint density at radius 1 is 1.04 bits per heavy atom. The highest BCUT2D eigenvalue weighted by atomic mass is 35.5. The summed E-state index contributed by atoms with van der Waals surface area (Å²) < 4.78 is 5.10. The van der Waals surface area contributed by atoms with Crippen LogP contribution in [0.2, 0.25) is 15.1 Å². The molecule has 120 valence electrons. The first-order valence-electron chi connectivity index (χ1n) is 6.20. The molecule has 0 radical (unpaired) electrons. The molecule has 0 spiro atoms. The summed E-state index contributed by atoms with van der Waals surface area (Å²) in [5.41, 5.74) is 0.257. The number of carbonyl (C=O) groups is 2. The molecule has 0 fully saturated rings. The lowest BCUT2D eigenvalue weighted by atomic mass is 10.1. The molecule has 8 heteroatoms. The minimum atomic E-state index is -1.20. The molecule has 0 heterocycles. The zero-order chi connectivity index (χ0) is 17.1. The van der Waals surface area contributed by atoms with Crippen molar-refractivity contribution in [3.8, 4) is 5.75 Å². The fourth-order valence-electron chi connectivity index (χ4n) is 1.90. The van der Waals surface area contributed by atoms with Gasteiger partial charge in [-0.05, 0) is 30.3 Å². The van der Waals surface area contributed by atoms with Crippen LogP contribution >= 0.6 is 34.8 Å². The molecule has 2 aromatic carbocycles. The number of anilines is 1. The van der Waals surface area contributed by atoms with Gasteiger partial charge in [0.05, 0.1) is 28.3 Å². The lowest BCUT2D eigenvalue weighted by molar-refractivity contribution is 0.0696. The topological polar surface area (TPSA) is 75.6 Å². The molecule has 0 aliphatic heterocycles. The maximum Gasteiger partial charge on any atom is 0.337 e. The van der Waals surface area contributed by atoms with E-state index in [0.717, 1.165) is 0 Å². The molecule has 0 saturated heterocycles. The first-order valence-corrected chi connectivity index (χ1v) is 7.34. The number of methoxy groups -OCH3 is 1. The van der Waals surface area contributed by atoms with Gasteiger partial charge >= 0.3 is 5.97 Å². The van der Waals surface area contributed by atoms with Gasteiger partial charge in [-0.2, -0.15) is 0 Å². The number of aromatic carboxylic acids is 1. The molecule has 2 N–H and O–H groups in total. The van der Waals surface area contributed by atoms with Gasteiger partial charge in [0, 0.05) is 10.7 Å². The van der Waals surface area contributed by atoms with Crippen molar-refractivity contribution < 1.29 is 19.4 Å². The molecular weight excluding hydrogens is 365 g/mol. The first-order chi connectivity index (χ1) is 10.8. The number of hydrogen-bond donors (Lipinski definition) is 2. The van der Waals surface area contributed by atoms with Crippen LogP contribution in [0.5, 0.6) is 5.75 Å². The van der Waals surface area contributed by atoms with Crippen molar-refractivity contribution in [1.29, 1.82) is 0 Å². The third-order valence-electron chi connectivity index (χ3n) is 2.91. The standard InChI is InChI=1S/C15H10Cl3NO4/c1-23-13-10(4-7(16)5-12(13)18)14(20)19-8-2-3-11(17)9(6-8)15(21)22/h2-6H,1H3,(H,19,20)(H,21,22). The quantitative estimate of drug-likeness (QED) is 0.819. The monoisotopic (exact) mass is 373 g/mol. The van der Waals surface area contributed by atoms with Gasteiger partial charge in [-0.15, -0.1) is 0 Å². The van der Waals surface area contributed by atoms with Crippen molar-refractivity contribution in [1.82, 2.24) is 0 Å². The number of ether oxygens (including phenoxy) is 1. The van der Waals surface area contributed by atoms with Crippen LogP contribution in [0.4, 0.5) is 5.69 Å². The van der Waals surface area contributed by atoms with E-state index in [0.29, 0.717) is 0 Å². The maximum atomic E-state index is 12.4. The van der Waals surface area contributed by atoms with E-state index in [-0.39, 0.29) is 37.6 Å². The fraction of sp³-hybridized carbons (Fsp3) is 0.0667. The largest absolute Gasteiger partial charge is 0.494 e. The summed E-state index contributed by atoms with van der Waals surface area (Å²) >= 11 is 17.7. The van der Waals surface area contributed by atoms with Gasteiger partial charge in [-0.3, -0.25) is 4.79 Å². The smallest absolute Gasteiger partial charge is 0.337 e. The van der Waals surface area contributed by atoms with Crippen LogP contribution in [-0.4, -0.2) is 24.1 Å². The van der Waals surface area contributed by atoms with E-state index < -0.39 is 11.9 Å². The lowest BCUT2D eigenvalue weighted by Crippen LogP contribution is -2.14. The normalized spacial score (nSPS) is 10.3. The van der Waals surface area contributed by atoms with Gasteiger partial charge < -0.3 is 15.2 Å². The molecule has 0 bridgehead atoms. The second-order valence-corrected chi connectivity index (χ2v) is 5.67. The van der Waals surface area contributed by atoms with Crippen LogP contribution in [0.1, 0.15) is 20.7 Å². The molecule has 0 saturated carbocycles. The van der Waals surface area contributed by atoms with Crippen LogP contribution in [0.15, 0.2) is 30.3 Å². The number of hydrogen-bond acceptors (Lipinski definition) is 3. The van der Waals surface area contributed by atoms with Crippen molar-refractivity contribution in [2.75, 3.05) is 12.4 Å². The van der Waals surface area contributed by atoms with Crippen LogP contribution in [-0.2, 0) is 0 Å². The molecule has 5 nitrogen and oxygen atoms in total. The Bertz CT molecular complexity index is 793. The molecule has 0 aliphatic rings. The Morgan fingerprint density at radius 2 is 1.74 bits per heavy atom. The van der Waals surface area contributed by atoms with Crippen molar-refractivity contribution in [2.45, 2.75) is 0 Å². The average Bonchev–Trinajstić information content (AvgIpc) is 2.48. The van der Waals surface area contributed by atoms with Crippen molar-refractivity contribution >= 4 is 52.4 Å². The number of halogens is 3. The molecule has 0 unspecified atom stereocenters. The number of amides is 1. The zero-order valence-electron chi connectivity index (χ0n) is 11.7.